The first-order chi connectivity index (χ1) is 8.84. The Labute approximate surface area is 111 Å². The van der Waals surface area contributed by atoms with E-state index in [1.165, 1.54) is 51.4 Å². The summed E-state index contributed by atoms with van der Waals surface area (Å²) in [5.74, 6) is 1.77. The van der Waals surface area contributed by atoms with Gasteiger partial charge in [0.1, 0.15) is 0 Å². The summed E-state index contributed by atoms with van der Waals surface area (Å²) in [6.45, 7) is 3.03. The third-order valence-electron chi connectivity index (χ3n) is 4.46. The second-order valence-electron chi connectivity index (χ2n) is 6.06. The molecule has 0 bridgehead atoms. The molecule has 0 aromatic carbocycles. The topological polar surface area (TPSA) is 41.1 Å². The zero-order chi connectivity index (χ0) is 12.6. The highest BCUT2D eigenvalue weighted by molar-refractivity contribution is 5.76. The number of hydrogen-bond donors (Lipinski definition) is 2. The molecule has 2 aliphatic rings. The molecular weight excluding hydrogens is 224 g/mol. The van der Waals surface area contributed by atoms with E-state index in [0.717, 1.165) is 32.0 Å². The van der Waals surface area contributed by atoms with E-state index in [1.54, 1.807) is 0 Å². The smallest absolute Gasteiger partial charge is 0.220 e. The van der Waals surface area contributed by atoms with Crippen molar-refractivity contribution in [3.8, 4) is 0 Å². The molecule has 1 amide bonds. The summed E-state index contributed by atoms with van der Waals surface area (Å²) in [5.41, 5.74) is 0. The van der Waals surface area contributed by atoms with Gasteiger partial charge in [0.15, 0.2) is 0 Å². The van der Waals surface area contributed by atoms with Crippen molar-refractivity contribution in [2.24, 2.45) is 11.8 Å². The van der Waals surface area contributed by atoms with Gasteiger partial charge in [0, 0.05) is 13.0 Å². The molecule has 2 N–H and O–H groups in total. The average molecular weight is 252 g/mol. The molecular formula is C15H28N2O. The predicted octanol–water partition coefficient (Wildman–Crippen LogP) is 2.46. The summed E-state index contributed by atoms with van der Waals surface area (Å²) in [7, 11) is 0. The van der Waals surface area contributed by atoms with Crippen molar-refractivity contribution in [3.63, 3.8) is 0 Å². The van der Waals surface area contributed by atoms with Crippen molar-refractivity contribution < 1.29 is 4.79 Å². The fourth-order valence-electron chi connectivity index (χ4n) is 3.35. The van der Waals surface area contributed by atoms with Crippen LogP contribution >= 0.6 is 0 Å². The number of piperidine rings is 1. The van der Waals surface area contributed by atoms with Crippen LogP contribution in [0.15, 0.2) is 0 Å². The fourth-order valence-corrected chi connectivity index (χ4v) is 3.35. The predicted molar refractivity (Wildman–Crippen MR) is 74.4 cm³/mol. The number of nitrogens with one attached hydrogen (secondary N) is 2. The minimum atomic E-state index is 0.259. The van der Waals surface area contributed by atoms with Crippen molar-refractivity contribution in [2.45, 2.75) is 57.8 Å². The van der Waals surface area contributed by atoms with E-state index >= 15 is 0 Å². The first-order valence-corrected chi connectivity index (χ1v) is 7.82. The number of hydrogen-bond acceptors (Lipinski definition) is 2. The van der Waals surface area contributed by atoms with Crippen LogP contribution in [-0.4, -0.2) is 25.5 Å². The molecule has 18 heavy (non-hydrogen) atoms. The van der Waals surface area contributed by atoms with Crippen molar-refractivity contribution >= 4 is 5.91 Å². The van der Waals surface area contributed by atoms with Gasteiger partial charge in [-0.05, 0) is 50.6 Å². The van der Waals surface area contributed by atoms with Gasteiger partial charge in [-0.1, -0.05) is 25.7 Å². The number of rotatable bonds is 6. The molecule has 1 saturated carbocycles. The van der Waals surface area contributed by atoms with Gasteiger partial charge < -0.3 is 10.6 Å². The minimum absolute atomic E-state index is 0.259. The van der Waals surface area contributed by atoms with Crippen molar-refractivity contribution in [1.29, 1.82) is 0 Å². The number of carbonyl (C=O) groups excluding carboxylic acids is 1. The van der Waals surface area contributed by atoms with E-state index < -0.39 is 0 Å². The highest BCUT2D eigenvalue weighted by atomic mass is 16.1. The van der Waals surface area contributed by atoms with Gasteiger partial charge >= 0.3 is 0 Å². The van der Waals surface area contributed by atoms with E-state index in [2.05, 4.69) is 10.6 Å². The quantitative estimate of drug-likeness (QED) is 0.713. The Kier molecular flexibility index (Phi) is 5.98. The number of carbonyl (C=O) groups is 1. The van der Waals surface area contributed by atoms with E-state index in [4.69, 9.17) is 0 Å². The Balaban J connectivity index is 1.48. The Morgan fingerprint density at radius 1 is 1.11 bits per heavy atom. The molecule has 1 heterocycles. The molecule has 1 unspecified atom stereocenters. The molecule has 1 aliphatic carbocycles. The average Bonchev–Trinajstić information content (AvgIpc) is 2.89. The van der Waals surface area contributed by atoms with Gasteiger partial charge in [0.25, 0.3) is 0 Å². The van der Waals surface area contributed by atoms with Crippen molar-refractivity contribution in [2.75, 3.05) is 19.6 Å². The summed E-state index contributed by atoms with van der Waals surface area (Å²) in [6, 6.07) is 0. The summed E-state index contributed by atoms with van der Waals surface area (Å²) in [4.78, 5) is 11.8. The molecule has 0 aromatic rings. The molecule has 0 radical (unpaired) electrons. The van der Waals surface area contributed by atoms with Crippen molar-refractivity contribution in [3.05, 3.63) is 0 Å². The standard InChI is InChI=1S/C15H28N2O/c18-15(11-14-8-3-9-16-12-14)17-10-4-7-13-5-1-2-6-13/h13-14,16H,1-12H2,(H,17,18). The van der Waals surface area contributed by atoms with E-state index in [1.807, 2.05) is 0 Å². The molecule has 104 valence electrons. The van der Waals surface area contributed by atoms with Crippen LogP contribution in [0.2, 0.25) is 0 Å². The van der Waals surface area contributed by atoms with Crippen LogP contribution in [0.3, 0.4) is 0 Å². The highest BCUT2D eigenvalue weighted by Gasteiger charge is 2.17. The van der Waals surface area contributed by atoms with Crippen LogP contribution < -0.4 is 10.6 Å². The molecule has 3 heteroatoms. The third kappa shape index (κ3) is 4.97. The fraction of sp³-hybridized carbons (Fsp3) is 0.933. The second-order valence-corrected chi connectivity index (χ2v) is 6.06. The summed E-state index contributed by atoms with van der Waals surface area (Å²) < 4.78 is 0. The van der Waals surface area contributed by atoms with Crippen LogP contribution in [0.5, 0.6) is 0 Å². The Bertz CT molecular complexity index is 243. The third-order valence-corrected chi connectivity index (χ3v) is 4.46. The summed E-state index contributed by atoms with van der Waals surface area (Å²) in [5, 5.41) is 6.45. The van der Waals surface area contributed by atoms with Crippen LogP contribution in [0.4, 0.5) is 0 Å². The first-order valence-electron chi connectivity index (χ1n) is 7.82. The monoisotopic (exact) mass is 252 g/mol. The lowest BCUT2D eigenvalue weighted by Crippen LogP contribution is -2.34. The van der Waals surface area contributed by atoms with Crippen LogP contribution in [0.1, 0.15) is 57.8 Å². The zero-order valence-electron chi connectivity index (χ0n) is 11.5. The van der Waals surface area contributed by atoms with Crippen LogP contribution in [-0.2, 0) is 4.79 Å². The molecule has 1 atom stereocenters. The van der Waals surface area contributed by atoms with Crippen LogP contribution in [0.25, 0.3) is 0 Å². The normalized spacial score (nSPS) is 25.2. The first kappa shape index (κ1) is 13.9. The SMILES string of the molecule is O=C(CC1CCCNC1)NCCCC1CCCC1. The maximum atomic E-state index is 11.8. The van der Waals surface area contributed by atoms with E-state index in [-0.39, 0.29) is 5.91 Å². The largest absolute Gasteiger partial charge is 0.356 e. The maximum Gasteiger partial charge on any atom is 0.220 e. The Hall–Kier alpha value is -0.570. The van der Waals surface area contributed by atoms with Gasteiger partial charge in [-0.3, -0.25) is 4.79 Å². The lowest BCUT2D eigenvalue weighted by molar-refractivity contribution is -0.122. The second kappa shape index (κ2) is 7.78. The molecule has 2 fully saturated rings. The zero-order valence-corrected chi connectivity index (χ0v) is 11.5. The van der Waals surface area contributed by atoms with Crippen molar-refractivity contribution in [1.82, 2.24) is 10.6 Å². The van der Waals surface area contributed by atoms with Gasteiger partial charge in [0.2, 0.25) is 5.91 Å². The van der Waals surface area contributed by atoms with Crippen LogP contribution in [0, 0.1) is 11.8 Å². The van der Waals surface area contributed by atoms with Gasteiger partial charge in [-0.15, -0.1) is 0 Å². The van der Waals surface area contributed by atoms with Gasteiger partial charge in [-0.2, -0.15) is 0 Å². The number of amides is 1. The molecule has 1 saturated heterocycles. The minimum Gasteiger partial charge on any atom is -0.356 e. The molecule has 3 nitrogen and oxygen atoms in total. The molecule has 0 spiro atoms. The molecule has 2 rings (SSSR count). The molecule has 0 aromatic heterocycles. The Morgan fingerprint density at radius 3 is 2.61 bits per heavy atom. The molecule has 1 aliphatic heterocycles. The Morgan fingerprint density at radius 2 is 1.89 bits per heavy atom. The summed E-state index contributed by atoms with van der Waals surface area (Å²) >= 11 is 0. The van der Waals surface area contributed by atoms with E-state index in [0.29, 0.717) is 5.92 Å². The maximum absolute atomic E-state index is 11.8. The lowest BCUT2D eigenvalue weighted by Gasteiger charge is -2.22. The van der Waals surface area contributed by atoms with Gasteiger partial charge in [-0.25, -0.2) is 0 Å². The van der Waals surface area contributed by atoms with Gasteiger partial charge in [0.05, 0.1) is 0 Å². The lowest BCUT2D eigenvalue weighted by atomic mass is 9.96. The summed E-state index contributed by atoms with van der Waals surface area (Å²) in [6.07, 6.45) is 11.3. The van der Waals surface area contributed by atoms with E-state index in [9.17, 15) is 4.79 Å². The highest BCUT2D eigenvalue weighted by Crippen LogP contribution is 2.28.